The van der Waals surface area contributed by atoms with E-state index < -0.39 is 23.7 Å². The van der Waals surface area contributed by atoms with Crippen molar-refractivity contribution in [3.8, 4) is 11.1 Å². The Bertz CT molecular complexity index is 1010. The maximum atomic E-state index is 12.9. The van der Waals surface area contributed by atoms with Crippen LogP contribution in [0.15, 0.2) is 66.7 Å². The summed E-state index contributed by atoms with van der Waals surface area (Å²) in [5.74, 6) is -4.52. The zero-order valence-electron chi connectivity index (χ0n) is 15.1. The third kappa shape index (κ3) is 4.60. The summed E-state index contributed by atoms with van der Waals surface area (Å²) >= 11 is 0. The standard InChI is InChI=1S/C22H17F3O2.Ti/c1-14(26)20(21(27)22(23,24)25)13-16-8-3-5-11-18(16)19-12-6-9-15-7-2-4-10-17(15)19;/h2-12,20H,13H2,1H3;. The maximum Gasteiger partial charge on any atom is 0.450 e. The molecular weight excluding hydrogens is 401 g/mol. The molecule has 0 saturated heterocycles. The van der Waals surface area contributed by atoms with Crippen LogP contribution in [0.4, 0.5) is 13.2 Å². The molecular formula is C22H17F3O2Ti. The van der Waals surface area contributed by atoms with Crippen molar-refractivity contribution >= 4 is 22.3 Å². The summed E-state index contributed by atoms with van der Waals surface area (Å²) in [7, 11) is 0. The first-order chi connectivity index (χ1) is 12.8. The smallest absolute Gasteiger partial charge is 0.299 e. The molecule has 0 fully saturated rings. The zero-order valence-corrected chi connectivity index (χ0v) is 16.6. The van der Waals surface area contributed by atoms with E-state index in [1.165, 1.54) is 0 Å². The molecule has 1 atom stereocenters. The molecule has 0 radical (unpaired) electrons. The predicted octanol–water partition coefficient (Wildman–Crippen LogP) is 5.38. The minimum atomic E-state index is -5.04. The van der Waals surface area contributed by atoms with Crippen LogP contribution in [0.25, 0.3) is 21.9 Å². The van der Waals surface area contributed by atoms with Crippen LogP contribution in [0.1, 0.15) is 12.5 Å². The fourth-order valence-corrected chi connectivity index (χ4v) is 3.26. The topological polar surface area (TPSA) is 34.1 Å². The molecule has 1 unspecified atom stereocenters. The van der Waals surface area contributed by atoms with E-state index in [0.29, 0.717) is 5.56 Å². The van der Waals surface area contributed by atoms with Crippen molar-refractivity contribution in [2.75, 3.05) is 0 Å². The van der Waals surface area contributed by atoms with Crippen molar-refractivity contribution in [2.45, 2.75) is 19.5 Å². The van der Waals surface area contributed by atoms with Gasteiger partial charge in [0, 0.05) is 21.7 Å². The number of carbonyl (C=O) groups excluding carboxylic acids is 2. The van der Waals surface area contributed by atoms with Crippen LogP contribution in [-0.2, 0) is 37.7 Å². The van der Waals surface area contributed by atoms with Gasteiger partial charge >= 0.3 is 6.18 Å². The van der Waals surface area contributed by atoms with E-state index in [0.717, 1.165) is 28.8 Å². The monoisotopic (exact) mass is 418 g/mol. The molecule has 0 N–H and O–H groups in total. The molecule has 142 valence electrons. The van der Waals surface area contributed by atoms with Gasteiger partial charge in [-0.05, 0) is 40.8 Å². The number of alkyl halides is 3. The Hall–Kier alpha value is -2.24. The molecule has 0 saturated carbocycles. The summed E-state index contributed by atoms with van der Waals surface area (Å²) in [6.07, 6.45) is -5.32. The summed E-state index contributed by atoms with van der Waals surface area (Å²) in [5, 5.41) is 1.95. The van der Waals surface area contributed by atoms with Gasteiger partial charge in [0.1, 0.15) is 5.78 Å². The van der Waals surface area contributed by atoms with Crippen LogP contribution in [0, 0.1) is 5.92 Å². The van der Waals surface area contributed by atoms with Gasteiger partial charge in [0.15, 0.2) is 0 Å². The van der Waals surface area contributed by atoms with E-state index in [-0.39, 0.29) is 28.1 Å². The largest absolute Gasteiger partial charge is 0.450 e. The summed E-state index contributed by atoms with van der Waals surface area (Å²) < 4.78 is 38.7. The average molecular weight is 418 g/mol. The average Bonchev–Trinajstić information content (AvgIpc) is 2.64. The first-order valence-electron chi connectivity index (χ1n) is 8.46. The molecule has 0 aromatic heterocycles. The first-order valence-corrected chi connectivity index (χ1v) is 8.46. The van der Waals surface area contributed by atoms with E-state index in [1.807, 2.05) is 42.5 Å². The molecule has 2 nitrogen and oxygen atoms in total. The van der Waals surface area contributed by atoms with Gasteiger partial charge in [-0.3, -0.25) is 9.59 Å². The third-order valence-electron chi connectivity index (χ3n) is 4.61. The fraction of sp³-hybridized carbons (Fsp3) is 0.182. The molecule has 0 bridgehead atoms. The Balaban J connectivity index is 0.00000280. The van der Waals surface area contributed by atoms with Crippen LogP contribution in [0.5, 0.6) is 0 Å². The van der Waals surface area contributed by atoms with E-state index in [2.05, 4.69) is 0 Å². The second-order valence-corrected chi connectivity index (χ2v) is 6.41. The Morgan fingerprint density at radius 1 is 0.857 bits per heavy atom. The molecule has 0 heterocycles. The van der Waals surface area contributed by atoms with Gasteiger partial charge in [-0.2, -0.15) is 13.2 Å². The molecule has 0 aliphatic heterocycles. The van der Waals surface area contributed by atoms with Gasteiger partial charge in [0.25, 0.3) is 0 Å². The number of fused-ring (bicyclic) bond motifs is 1. The van der Waals surface area contributed by atoms with Crippen LogP contribution in [-0.4, -0.2) is 17.7 Å². The van der Waals surface area contributed by atoms with Crippen molar-refractivity contribution in [1.29, 1.82) is 0 Å². The minimum Gasteiger partial charge on any atom is -0.299 e. The number of hydrogen-bond acceptors (Lipinski definition) is 2. The van der Waals surface area contributed by atoms with E-state index >= 15 is 0 Å². The summed E-state index contributed by atoms with van der Waals surface area (Å²) in [4.78, 5) is 23.5. The summed E-state index contributed by atoms with van der Waals surface area (Å²) in [6.45, 7) is 1.02. The Kier molecular flexibility index (Phi) is 6.97. The van der Waals surface area contributed by atoms with Crippen molar-refractivity contribution in [3.05, 3.63) is 72.3 Å². The Morgan fingerprint density at radius 3 is 2.11 bits per heavy atom. The Morgan fingerprint density at radius 2 is 1.43 bits per heavy atom. The molecule has 0 amide bonds. The number of Topliss-reactive ketones (excluding diaryl/α,β-unsaturated/α-hetero) is 2. The Labute approximate surface area is 175 Å². The van der Waals surface area contributed by atoms with Crippen LogP contribution in [0.2, 0.25) is 0 Å². The molecule has 3 aromatic rings. The number of carbonyl (C=O) groups is 2. The van der Waals surface area contributed by atoms with E-state index in [1.54, 1.807) is 24.3 Å². The van der Waals surface area contributed by atoms with E-state index in [9.17, 15) is 22.8 Å². The van der Waals surface area contributed by atoms with Crippen molar-refractivity contribution in [2.24, 2.45) is 5.92 Å². The third-order valence-corrected chi connectivity index (χ3v) is 4.61. The van der Waals surface area contributed by atoms with E-state index in [4.69, 9.17) is 0 Å². The first kappa shape index (κ1) is 22.1. The van der Waals surface area contributed by atoms with Gasteiger partial charge < -0.3 is 0 Å². The summed E-state index contributed by atoms with van der Waals surface area (Å²) in [6, 6.07) is 20.3. The quantitative estimate of drug-likeness (QED) is 0.412. The number of benzene rings is 3. The summed E-state index contributed by atoms with van der Waals surface area (Å²) in [5.41, 5.74) is 2.10. The fourth-order valence-electron chi connectivity index (χ4n) is 3.26. The normalized spacial score (nSPS) is 12.3. The van der Waals surface area contributed by atoms with Crippen LogP contribution < -0.4 is 0 Å². The van der Waals surface area contributed by atoms with Crippen molar-refractivity contribution in [3.63, 3.8) is 0 Å². The predicted molar refractivity (Wildman–Crippen MR) is 98.3 cm³/mol. The molecule has 0 spiro atoms. The maximum absolute atomic E-state index is 12.9. The number of ketones is 2. The SMILES string of the molecule is CC(=O)C(Cc1ccccc1-c1cccc2ccccc12)C(=O)C(F)(F)F.[Ti]. The van der Waals surface area contributed by atoms with Crippen molar-refractivity contribution < 1.29 is 44.5 Å². The number of hydrogen-bond donors (Lipinski definition) is 0. The molecule has 3 rings (SSSR count). The van der Waals surface area contributed by atoms with Crippen LogP contribution in [0.3, 0.4) is 0 Å². The van der Waals surface area contributed by atoms with Gasteiger partial charge in [0.05, 0.1) is 5.92 Å². The molecule has 0 aliphatic rings. The van der Waals surface area contributed by atoms with Gasteiger partial charge in [0.2, 0.25) is 5.78 Å². The van der Waals surface area contributed by atoms with Crippen molar-refractivity contribution in [1.82, 2.24) is 0 Å². The molecule has 28 heavy (non-hydrogen) atoms. The number of halogens is 3. The van der Waals surface area contributed by atoms with Gasteiger partial charge in [-0.25, -0.2) is 0 Å². The van der Waals surface area contributed by atoms with Crippen LogP contribution >= 0.6 is 0 Å². The molecule has 3 aromatic carbocycles. The second-order valence-electron chi connectivity index (χ2n) is 6.41. The number of rotatable bonds is 5. The molecule has 6 heteroatoms. The zero-order chi connectivity index (χ0) is 19.6. The second kappa shape index (κ2) is 8.84. The van der Waals surface area contributed by atoms with Gasteiger partial charge in [-0.1, -0.05) is 66.7 Å². The van der Waals surface area contributed by atoms with Gasteiger partial charge in [-0.15, -0.1) is 0 Å². The molecule has 0 aliphatic carbocycles. The minimum absolute atomic E-state index is 0.